The Morgan fingerprint density at radius 1 is 1.07 bits per heavy atom. The fourth-order valence-electron chi connectivity index (χ4n) is 8.23. The molecule has 4 unspecified atom stereocenters. The Morgan fingerprint density at radius 2 is 1.85 bits per heavy atom. The highest BCUT2D eigenvalue weighted by Crippen LogP contribution is 2.67. The first-order valence-corrected chi connectivity index (χ1v) is 11.3. The molecule has 0 heterocycles. The molecular weight excluding hydrogens is 336 g/mol. The zero-order valence-corrected chi connectivity index (χ0v) is 17.3. The zero-order valence-electron chi connectivity index (χ0n) is 17.3. The summed E-state index contributed by atoms with van der Waals surface area (Å²) < 4.78 is 0. The van der Waals surface area contributed by atoms with E-state index in [-0.39, 0.29) is 10.8 Å². The van der Waals surface area contributed by atoms with E-state index in [0.717, 1.165) is 44.8 Å². The van der Waals surface area contributed by atoms with Gasteiger partial charge in [-0.2, -0.15) is 0 Å². The lowest BCUT2D eigenvalue weighted by Crippen LogP contribution is -2.57. The number of rotatable bonds is 4. The molecule has 4 rings (SSSR count). The van der Waals surface area contributed by atoms with Crippen LogP contribution in [0.3, 0.4) is 0 Å². The molecule has 4 saturated carbocycles. The van der Waals surface area contributed by atoms with Gasteiger partial charge >= 0.3 is 0 Å². The van der Waals surface area contributed by atoms with E-state index in [1.54, 1.807) is 0 Å². The van der Waals surface area contributed by atoms with Gasteiger partial charge in [-0.1, -0.05) is 20.8 Å². The van der Waals surface area contributed by atoms with Crippen LogP contribution in [0.4, 0.5) is 0 Å². The minimum Gasteiger partial charge on any atom is -0.303 e. The largest absolute Gasteiger partial charge is 0.303 e. The van der Waals surface area contributed by atoms with Gasteiger partial charge in [-0.3, -0.25) is 9.59 Å². The van der Waals surface area contributed by atoms with E-state index >= 15 is 0 Å². The molecule has 3 nitrogen and oxygen atoms in total. The Hall–Kier alpha value is -0.990. The highest BCUT2D eigenvalue weighted by Gasteiger charge is 2.63. The maximum atomic E-state index is 13.6. The molecule has 0 aliphatic heterocycles. The van der Waals surface area contributed by atoms with Crippen LogP contribution in [0.25, 0.3) is 0 Å². The van der Waals surface area contributed by atoms with E-state index in [1.807, 2.05) is 0 Å². The number of aldehydes is 1. The van der Waals surface area contributed by atoms with Crippen LogP contribution in [0.15, 0.2) is 0 Å². The van der Waals surface area contributed by atoms with E-state index in [2.05, 4.69) is 20.8 Å². The Kier molecular flexibility index (Phi) is 4.88. The molecule has 4 fully saturated rings. The van der Waals surface area contributed by atoms with E-state index in [1.165, 1.54) is 19.3 Å². The van der Waals surface area contributed by atoms with Crippen molar-refractivity contribution in [3.63, 3.8) is 0 Å². The summed E-state index contributed by atoms with van der Waals surface area (Å²) in [6.45, 7) is 6.92. The first kappa shape index (κ1) is 19.3. The fourth-order valence-corrected chi connectivity index (χ4v) is 8.23. The average molecular weight is 373 g/mol. The molecule has 150 valence electrons. The van der Waals surface area contributed by atoms with Crippen molar-refractivity contribution in [2.75, 3.05) is 0 Å². The first-order chi connectivity index (χ1) is 12.8. The third-order valence-corrected chi connectivity index (χ3v) is 9.84. The number of fused-ring (bicyclic) bond motifs is 5. The molecule has 8 atom stereocenters. The van der Waals surface area contributed by atoms with Gasteiger partial charge in [0.15, 0.2) is 0 Å². The molecule has 4 aliphatic carbocycles. The Morgan fingerprint density at radius 3 is 2.59 bits per heavy atom. The van der Waals surface area contributed by atoms with E-state index in [0.29, 0.717) is 53.5 Å². The summed E-state index contributed by atoms with van der Waals surface area (Å²) in [7, 11) is 0. The van der Waals surface area contributed by atoms with Crippen LogP contribution >= 0.6 is 0 Å². The standard InChI is InChI=1S/C24H36O3/c1-15(5-4-12-25)19-8-9-20-18-7-6-16-13-17(26)10-11-23(16,2)21(18)14-22(27)24(19,20)3/h12,15-16,18-21H,4-11,13-14H2,1-3H3/t15-,16-,18?,19?,20?,21?,23+,24-/m1/s1. The number of carbonyl (C=O) groups excluding carboxylic acids is 3. The summed E-state index contributed by atoms with van der Waals surface area (Å²) in [4.78, 5) is 36.5. The number of Topliss-reactive ketones (excluding diaryl/α,β-unsaturated/α-hetero) is 2. The predicted octanol–water partition coefficient (Wildman–Crippen LogP) is 5.01. The van der Waals surface area contributed by atoms with Gasteiger partial charge in [-0.15, -0.1) is 0 Å². The van der Waals surface area contributed by atoms with Crippen LogP contribution in [0.2, 0.25) is 0 Å². The summed E-state index contributed by atoms with van der Waals surface area (Å²) in [5, 5.41) is 0. The number of ketones is 2. The first-order valence-electron chi connectivity index (χ1n) is 11.3. The second kappa shape index (κ2) is 6.81. The number of hydrogen-bond acceptors (Lipinski definition) is 3. The molecule has 27 heavy (non-hydrogen) atoms. The summed E-state index contributed by atoms with van der Waals surface area (Å²) >= 11 is 0. The van der Waals surface area contributed by atoms with Crippen LogP contribution in [-0.4, -0.2) is 17.9 Å². The lowest BCUT2D eigenvalue weighted by Gasteiger charge is -2.59. The minimum absolute atomic E-state index is 0.183. The predicted molar refractivity (Wildman–Crippen MR) is 105 cm³/mol. The summed E-state index contributed by atoms with van der Waals surface area (Å²) in [5.74, 6) is 3.98. The Bertz CT molecular complexity index is 640. The number of carbonyl (C=O) groups is 3. The van der Waals surface area contributed by atoms with Gasteiger partial charge in [0.05, 0.1) is 0 Å². The SMILES string of the molecule is C[C@H](CCC=O)C1CCC2C3CC[C@@H]4CC(=O)CC[C@]4(C)C3CC(=O)[C@@]21C. The van der Waals surface area contributed by atoms with Gasteiger partial charge < -0.3 is 4.79 Å². The zero-order chi connectivity index (χ0) is 19.4. The van der Waals surface area contributed by atoms with Gasteiger partial charge in [-0.05, 0) is 79.4 Å². The highest BCUT2D eigenvalue weighted by atomic mass is 16.1. The Labute approximate surface area is 164 Å². The third-order valence-electron chi connectivity index (χ3n) is 9.84. The van der Waals surface area contributed by atoms with Crippen molar-refractivity contribution < 1.29 is 14.4 Å². The van der Waals surface area contributed by atoms with Crippen molar-refractivity contribution >= 4 is 17.9 Å². The van der Waals surface area contributed by atoms with Crippen molar-refractivity contribution in [1.29, 1.82) is 0 Å². The lowest BCUT2D eigenvalue weighted by atomic mass is 9.44. The van der Waals surface area contributed by atoms with Crippen molar-refractivity contribution in [2.45, 2.75) is 85.0 Å². The summed E-state index contributed by atoms with van der Waals surface area (Å²) in [6, 6.07) is 0. The number of hydrogen-bond donors (Lipinski definition) is 0. The van der Waals surface area contributed by atoms with Crippen molar-refractivity contribution in [2.24, 2.45) is 46.3 Å². The van der Waals surface area contributed by atoms with E-state index < -0.39 is 0 Å². The van der Waals surface area contributed by atoms with Crippen LogP contribution in [0.1, 0.15) is 85.0 Å². The fraction of sp³-hybridized carbons (Fsp3) is 0.875. The highest BCUT2D eigenvalue weighted by molar-refractivity contribution is 5.87. The Balaban J connectivity index is 1.60. The molecule has 0 aromatic carbocycles. The molecule has 0 bridgehead atoms. The molecule has 0 N–H and O–H groups in total. The van der Waals surface area contributed by atoms with E-state index in [9.17, 15) is 14.4 Å². The lowest BCUT2D eigenvalue weighted by molar-refractivity contribution is -0.159. The van der Waals surface area contributed by atoms with Gasteiger partial charge in [0, 0.05) is 31.1 Å². The van der Waals surface area contributed by atoms with Gasteiger partial charge in [-0.25, -0.2) is 0 Å². The topological polar surface area (TPSA) is 51.2 Å². The molecule has 0 amide bonds. The molecule has 4 aliphatic rings. The second-order valence-corrected chi connectivity index (χ2v) is 10.7. The minimum atomic E-state index is -0.183. The summed E-state index contributed by atoms with van der Waals surface area (Å²) in [5.41, 5.74) is 0.00614. The molecule has 0 aromatic rings. The van der Waals surface area contributed by atoms with Crippen LogP contribution in [0.5, 0.6) is 0 Å². The van der Waals surface area contributed by atoms with E-state index in [4.69, 9.17) is 0 Å². The van der Waals surface area contributed by atoms with Crippen LogP contribution in [-0.2, 0) is 14.4 Å². The molecule has 0 aromatic heterocycles. The van der Waals surface area contributed by atoms with Crippen LogP contribution < -0.4 is 0 Å². The van der Waals surface area contributed by atoms with Gasteiger partial charge in [0.1, 0.15) is 17.9 Å². The van der Waals surface area contributed by atoms with Crippen LogP contribution in [0, 0.1) is 46.3 Å². The maximum absolute atomic E-state index is 13.6. The van der Waals surface area contributed by atoms with Crippen molar-refractivity contribution in [3.8, 4) is 0 Å². The van der Waals surface area contributed by atoms with Gasteiger partial charge in [0.2, 0.25) is 0 Å². The quantitative estimate of drug-likeness (QED) is 0.652. The average Bonchev–Trinajstić information content (AvgIpc) is 3.00. The molecule has 0 spiro atoms. The summed E-state index contributed by atoms with van der Waals surface area (Å²) in [6.07, 6.45) is 10.5. The van der Waals surface area contributed by atoms with Crippen molar-refractivity contribution in [1.82, 2.24) is 0 Å². The maximum Gasteiger partial charge on any atom is 0.139 e. The molecule has 0 radical (unpaired) electrons. The second-order valence-electron chi connectivity index (χ2n) is 10.7. The monoisotopic (exact) mass is 372 g/mol. The molecule has 0 saturated heterocycles. The molecule has 3 heteroatoms. The van der Waals surface area contributed by atoms with Crippen molar-refractivity contribution in [3.05, 3.63) is 0 Å². The normalized spacial score (nSPS) is 47.7. The molecular formula is C24H36O3. The smallest absolute Gasteiger partial charge is 0.139 e. The van der Waals surface area contributed by atoms with Gasteiger partial charge in [0.25, 0.3) is 0 Å². The third kappa shape index (κ3) is 2.78.